The Kier molecular flexibility index (Phi) is 4.66. The highest BCUT2D eigenvalue weighted by Gasteiger charge is 2.25. The van der Waals surface area contributed by atoms with Gasteiger partial charge in [0.2, 0.25) is 0 Å². The fourth-order valence-corrected chi connectivity index (χ4v) is 2.76. The first kappa shape index (κ1) is 13.9. The van der Waals surface area contributed by atoms with Gasteiger partial charge in [-0.3, -0.25) is 4.90 Å². The lowest BCUT2D eigenvalue weighted by molar-refractivity contribution is 0.208. The van der Waals surface area contributed by atoms with Crippen LogP contribution < -0.4 is 5.32 Å². The maximum atomic E-state index is 5.93. The molecule has 18 heavy (non-hydrogen) atoms. The van der Waals surface area contributed by atoms with Crippen LogP contribution >= 0.6 is 11.6 Å². The average molecular weight is 267 g/mol. The molecule has 1 heterocycles. The van der Waals surface area contributed by atoms with Crippen LogP contribution in [0.15, 0.2) is 24.3 Å². The molecule has 3 atom stereocenters. The molecule has 3 heteroatoms. The van der Waals surface area contributed by atoms with Gasteiger partial charge in [-0.05, 0) is 56.6 Å². The lowest BCUT2D eigenvalue weighted by atomic mass is 9.96. The number of benzene rings is 1. The molecule has 100 valence electrons. The number of nitrogens with zero attached hydrogens (tertiary/aromatic N) is 1. The normalized spacial score (nSPS) is 25.6. The molecule has 1 aliphatic rings. The summed E-state index contributed by atoms with van der Waals surface area (Å²) in [5, 5.41) is 4.28. The van der Waals surface area contributed by atoms with Crippen LogP contribution in [0.4, 0.5) is 0 Å². The number of hydrogen-bond acceptors (Lipinski definition) is 2. The summed E-state index contributed by atoms with van der Waals surface area (Å²) in [7, 11) is 2.21. The quantitative estimate of drug-likeness (QED) is 0.901. The second-order valence-electron chi connectivity index (χ2n) is 5.56. The van der Waals surface area contributed by atoms with E-state index in [1.807, 2.05) is 12.1 Å². The van der Waals surface area contributed by atoms with Crippen LogP contribution in [0.3, 0.4) is 0 Å². The molecule has 0 radical (unpaired) electrons. The van der Waals surface area contributed by atoms with Gasteiger partial charge < -0.3 is 5.32 Å². The van der Waals surface area contributed by atoms with Crippen molar-refractivity contribution >= 4 is 11.6 Å². The van der Waals surface area contributed by atoms with Gasteiger partial charge in [0.1, 0.15) is 0 Å². The van der Waals surface area contributed by atoms with Gasteiger partial charge in [0.25, 0.3) is 0 Å². The first-order valence-corrected chi connectivity index (χ1v) is 7.12. The molecule has 0 spiro atoms. The Morgan fingerprint density at radius 1 is 1.33 bits per heavy atom. The highest BCUT2D eigenvalue weighted by molar-refractivity contribution is 6.30. The van der Waals surface area contributed by atoms with E-state index in [4.69, 9.17) is 11.6 Å². The number of nitrogens with one attached hydrogen (secondary N) is 1. The maximum Gasteiger partial charge on any atom is 0.0406 e. The minimum Gasteiger partial charge on any atom is -0.316 e. The van der Waals surface area contributed by atoms with Gasteiger partial charge in [0.15, 0.2) is 0 Å². The van der Waals surface area contributed by atoms with E-state index in [9.17, 15) is 0 Å². The smallest absolute Gasteiger partial charge is 0.0406 e. The van der Waals surface area contributed by atoms with Crippen LogP contribution in [0.5, 0.6) is 0 Å². The van der Waals surface area contributed by atoms with E-state index in [0.29, 0.717) is 6.04 Å². The third kappa shape index (κ3) is 3.25. The van der Waals surface area contributed by atoms with Gasteiger partial charge in [-0.1, -0.05) is 30.7 Å². The predicted octanol–water partition coefficient (Wildman–Crippen LogP) is 3.19. The standard InChI is InChI=1S/C15H23ClN2/c1-11-8-17-9-14(11)10-18(3)12(2)13-4-6-15(16)7-5-13/h4-7,11-12,14,17H,8-10H2,1-3H3/t11-,12?,14+/m1/s1. The molecule has 1 fully saturated rings. The number of rotatable bonds is 4. The van der Waals surface area contributed by atoms with Crippen molar-refractivity contribution in [1.82, 2.24) is 10.2 Å². The summed E-state index contributed by atoms with van der Waals surface area (Å²) in [6.45, 7) is 8.06. The zero-order valence-corrected chi connectivity index (χ0v) is 12.2. The first-order valence-electron chi connectivity index (χ1n) is 6.74. The van der Waals surface area contributed by atoms with Crippen molar-refractivity contribution in [2.24, 2.45) is 11.8 Å². The van der Waals surface area contributed by atoms with Crippen LogP contribution in [-0.2, 0) is 0 Å². The highest BCUT2D eigenvalue weighted by Crippen LogP contribution is 2.24. The summed E-state index contributed by atoms with van der Waals surface area (Å²) >= 11 is 5.93. The van der Waals surface area contributed by atoms with Crippen molar-refractivity contribution in [2.45, 2.75) is 19.9 Å². The van der Waals surface area contributed by atoms with Gasteiger partial charge in [-0.2, -0.15) is 0 Å². The van der Waals surface area contributed by atoms with E-state index >= 15 is 0 Å². The monoisotopic (exact) mass is 266 g/mol. The summed E-state index contributed by atoms with van der Waals surface area (Å²) in [6, 6.07) is 8.64. The van der Waals surface area contributed by atoms with E-state index in [-0.39, 0.29) is 0 Å². The minimum absolute atomic E-state index is 0.440. The van der Waals surface area contributed by atoms with Crippen molar-refractivity contribution in [3.05, 3.63) is 34.9 Å². The molecule has 2 nitrogen and oxygen atoms in total. The van der Waals surface area contributed by atoms with E-state index in [1.165, 1.54) is 5.56 Å². The molecule has 1 aliphatic heterocycles. The summed E-state index contributed by atoms with van der Waals surface area (Å²) in [6.07, 6.45) is 0. The van der Waals surface area contributed by atoms with Crippen molar-refractivity contribution in [1.29, 1.82) is 0 Å². The number of hydrogen-bond donors (Lipinski definition) is 1. The Bertz CT molecular complexity index is 377. The van der Waals surface area contributed by atoms with Crippen LogP contribution in [0, 0.1) is 11.8 Å². The lowest BCUT2D eigenvalue weighted by Gasteiger charge is -2.29. The van der Waals surface area contributed by atoms with E-state index in [1.54, 1.807) is 0 Å². The summed E-state index contributed by atoms with van der Waals surface area (Å²) in [5.41, 5.74) is 1.33. The summed E-state index contributed by atoms with van der Waals surface area (Å²) < 4.78 is 0. The molecule has 1 unspecified atom stereocenters. The number of halogens is 1. The fourth-order valence-electron chi connectivity index (χ4n) is 2.63. The molecule has 0 aromatic heterocycles. The molecule has 0 amide bonds. The third-order valence-corrected chi connectivity index (χ3v) is 4.47. The van der Waals surface area contributed by atoms with Gasteiger partial charge in [0.05, 0.1) is 0 Å². The van der Waals surface area contributed by atoms with Crippen LogP contribution in [-0.4, -0.2) is 31.6 Å². The molecule has 1 N–H and O–H groups in total. The van der Waals surface area contributed by atoms with E-state index in [2.05, 4.69) is 43.2 Å². The maximum absolute atomic E-state index is 5.93. The molecule has 1 saturated heterocycles. The van der Waals surface area contributed by atoms with E-state index < -0.39 is 0 Å². The Labute approximate surface area is 115 Å². The van der Waals surface area contributed by atoms with Crippen molar-refractivity contribution < 1.29 is 0 Å². The first-order chi connectivity index (χ1) is 8.58. The Hall–Kier alpha value is -0.570. The van der Waals surface area contributed by atoms with Crippen LogP contribution in [0.1, 0.15) is 25.5 Å². The second kappa shape index (κ2) is 6.05. The molecule has 1 aromatic carbocycles. The fraction of sp³-hybridized carbons (Fsp3) is 0.600. The van der Waals surface area contributed by atoms with Crippen molar-refractivity contribution in [3.63, 3.8) is 0 Å². The predicted molar refractivity (Wildman–Crippen MR) is 78.0 cm³/mol. The Balaban J connectivity index is 1.95. The van der Waals surface area contributed by atoms with Crippen LogP contribution in [0.25, 0.3) is 0 Å². The van der Waals surface area contributed by atoms with Gasteiger partial charge in [0, 0.05) is 17.6 Å². The van der Waals surface area contributed by atoms with Gasteiger partial charge in [-0.15, -0.1) is 0 Å². The minimum atomic E-state index is 0.440. The van der Waals surface area contributed by atoms with Gasteiger partial charge >= 0.3 is 0 Å². The molecule has 1 aromatic rings. The van der Waals surface area contributed by atoms with Crippen LogP contribution in [0.2, 0.25) is 5.02 Å². The molecule has 0 bridgehead atoms. The molecular formula is C15H23ClN2. The molecular weight excluding hydrogens is 244 g/mol. The lowest BCUT2D eigenvalue weighted by Crippen LogP contribution is -2.31. The third-order valence-electron chi connectivity index (χ3n) is 4.21. The SMILES string of the molecule is CC(c1ccc(Cl)cc1)N(C)C[C@@H]1CNC[C@H]1C. The second-order valence-corrected chi connectivity index (χ2v) is 6.00. The average Bonchev–Trinajstić information content (AvgIpc) is 2.75. The van der Waals surface area contributed by atoms with E-state index in [0.717, 1.165) is 36.5 Å². The highest BCUT2D eigenvalue weighted by atomic mass is 35.5. The topological polar surface area (TPSA) is 15.3 Å². The Morgan fingerprint density at radius 2 is 2.00 bits per heavy atom. The van der Waals surface area contributed by atoms with Crippen molar-refractivity contribution in [2.75, 3.05) is 26.7 Å². The summed E-state index contributed by atoms with van der Waals surface area (Å²) in [5.74, 6) is 1.55. The zero-order chi connectivity index (χ0) is 13.1. The largest absolute Gasteiger partial charge is 0.316 e. The molecule has 2 rings (SSSR count). The molecule has 0 aliphatic carbocycles. The Morgan fingerprint density at radius 3 is 2.56 bits per heavy atom. The van der Waals surface area contributed by atoms with Gasteiger partial charge in [-0.25, -0.2) is 0 Å². The summed E-state index contributed by atoms with van der Waals surface area (Å²) in [4.78, 5) is 2.44. The van der Waals surface area contributed by atoms with Crippen molar-refractivity contribution in [3.8, 4) is 0 Å². The zero-order valence-electron chi connectivity index (χ0n) is 11.5. The molecule has 0 saturated carbocycles.